The quantitative estimate of drug-likeness (QED) is 0.289. The van der Waals surface area contributed by atoms with E-state index in [-0.39, 0.29) is 48.4 Å². The fourth-order valence-corrected chi connectivity index (χ4v) is 4.93. The summed E-state index contributed by atoms with van der Waals surface area (Å²) in [6, 6.07) is -0.0135. The van der Waals surface area contributed by atoms with Gasteiger partial charge in [-0.1, -0.05) is 50.6 Å². The molecule has 3 heterocycles. The number of amides is 1. The van der Waals surface area contributed by atoms with E-state index in [4.69, 9.17) is 14.2 Å². The molecule has 35 heavy (non-hydrogen) atoms. The number of carbonyl (C=O) groups is 2. The fraction of sp³-hybridized carbons (Fsp3) is 0.714. The topological polar surface area (TPSA) is 77.2 Å². The molecule has 0 saturated carbocycles. The Hall–Kier alpha value is -1.83. The van der Waals surface area contributed by atoms with Crippen molar-refractivity contribution in [1.29, 1.82) is 0 Å². The van der Waals surface area contributed by atoms with Crippen molar-refractivity contribution in [3.63, 3.8) is 0 Å². The van der Waals surface area contributed by atoms with E-state index in [0.717, 1.165) is 18.4 Å². The van der Waals surface area contributed by atoms with Crippen LogP contribution in [0.4, 0.5) is 4.39 Å². The summed E-state index contributed by atoms with van der Waals surface area (Å²) in [6.45, 7) is 12.1. The molecule has 3 aliphatic heterocycles. The van der Waals surface area contributed by atoms with Crippen LogP contribution in [0.15, 0.2) is 36.0 Å². The average Bonchev–Trinajstić information content (AvgIpc) is 3.54. The lowest BCUT2D eigenvalue weighted by Gasteiger charge is -2.39. The molecule has 196 valence electrons. The van der Waals surface area contributed by atoms with Crippen molar-refractivity contribution in [2.75, 3.05) is 6.61 Å². The smallest absolute Gasteiger partial charge is 0.243 e. The summed E-state index contributed by atoms with van der Waals surface area (Å²) in [5.41, 5.74) is 0.209. The van der Waals surface area contributed by atoms with Crippen LogP contribution in [0.25, 0.3) is 0 Å². The third-order valence-corrected chi connectivity index (χ3v) is 7.14. The number of alkyl halides is 1. The van der Waals surface area contributed by atoms with Crippen molar-refractivity contribution in [2.24, 2.45) is 11.8 Å². The van der Waals surface area contributed by atoms with Crippen LogP contribution in [0.1, 0.15) is 67.2 Å². The molecule has 0 radical (unpaired) electrons. The summed E-state index contributed by atoms with van der Waals surface area (Å²) >= 11 is 0. The molecular formula is C28H42FNO5. The lowest BCUT2D eigenvalue weighted by Crippen LogP contribution is -2.50. The van der Waals surface area contributed by atoms with Crippen molar-refractivity contribution in [3.8, 4) is 0 Å². The summed E-state index contributed by atoms with van der Waals surface area (Å²) < 4.78 is 32.5. The number of nitrogens with one attached hydrogen (secondary N) is 1. The Kier molecular flexibility index (Phi) is 9.47. The van der Waals surface area contributed by atoms with E-state index in [9.17, 15) is 14.0 Å². The first-order valence-corrected chi connectivity index (χ1v) is 12.9. The van der Waals surface area contributed by atoms with Crippen LogP contribution < -0.4 is 5.32 Å². The average molecular weight is 492 g/mol. The predicted molar refractivity (Wildman–Crippen MR) is 134 cm³/mol. The van der Waals surface area contributed by atoms with E-state index >= 15 is 0 Å². The molecule has 6 nitrogen and oxygen atoms in total. The lowest BCUT2D eigenvalue weighted by atomic mass is 9.87. The van der Waals surface area contributed by atoms with Gasteiger partial charge in [-0.05, 0) is 51.5 Å². The molecule has 3 rings (SSSR count). The monoisotopic (exact) mass is 491 g/mol. The molecule has 3 saturated heterocycles. The van der Waals surface area contributed by atoms with Crippen molar-refractivity contribution in [1.82, 2.24) is 5.32 Å². The van der Waals surface area contributed by atoms with Gasteiger partial charge in [-0.3, -0.25) is 9.59 Å². The molecule has 0 aliphatic carbocycles. The molecule has 0 aromatic rings. The molecule has 0 bridgehead atoms. The number of epoxide rings is 1. The van der Waals surface area contributed by atoms with Gasteiger partial charge >= 0.3 is 0 Å². The highest BCUT2D eigenvalue weighted by Crippen LogP contribution is 2.45. The highest BCUT2D eigenvalue weighted by Gasteiger charge is 2.59. The van der Waals surface area contributed by atoms with Crippen LogP contribution in [0, 0.1) is 11.8 Å². The molecule has 0 unspecified atom stereocenters. The third kappa shape index (κ3) is 7.83. The van der Waals surface area contributed by atoms with Crippen LogP contribution in [-0.4, -0.2) is 60.5 Å². The van der Waals surface area contributed by atoms with Crippen molar-refractivity contribution in [3.05, 3.63) is 36.0 Å². The second kappa shape index (κ2) is 11.9. The van der Waals surface area contributed by atoms with Gasteiger partial charge < -0.3 is 19.5 Å². The number of carbonyl (C=O) groups excluding carboxylic acids is 2. The molecule has 8 atom stereocenters. The van der Waals surface area contributed by atoms with E-state index in [2.05, 4.69) is 18.3 Å². The number of allylic oxidation sites excluding steroid dienone is 3. The summed E-state index contributed by atoms with van der Waals surface area (Å²) in [5, 5.41) is 3.07. The van der Waals surface area contributed by atoms with Gasteiger partial charge in [-0.2, -0.15) is 0 Å². The number of hydrogen-bond acceptors (Lipinski definition) is 5. The zero-order chi connectivity index (χ0) is 25.8. The molecular weight excluding hydrogens is 449 g/mol. The van der Waals surface area contributed by atoms with Crippen LogP contribution in [0.2, 0.25) is 0 Å². The van der Waals surface area contributed by atoms with Crippen LogP contribution >= 0.6 is 0 Å². The maximum Gasteiger partial charge on any atom is 0.243 e. The predicted octanol–water partition coefficient (Wildman–Crippen LogP) is 4.63. The molecule has 3 fully saturated rings. The zero-order valence-corrected chi connectivity index (χ0v) is 22.0. The summed E-state index contributed by atoms with van der Waals surface area (Å²) in [4.78, 5) is 23.7. The summed E-state index contributed by atoms with van der Waals surface area (Å²) in [6.07, 6.45) is 9.22. The first kappa shape index (κ1) is 27.8. The third-order valence-electron chi connectivity index (χ3n) is 7.14. The Balaban J connectivity index is 1.52. The standard InChI is InChI=1S/C28H42FNO5/c1-17(2)7-12-26(32)30-23-13-19(4)24(34-21(23)6)10-8-18(3)9-11-25-27(29)28(16-33-28)15-22(35-25)14-20(5)31/h7-9,11-12,17,19,21-25,27H,10,13-16H2,1-6H3,(H,30,32)/b11-9+,12-7-,18-8+/t19-,21+,22-,23+,24-,25+,27-,28+/m0/s1. The van der Waals surface area contributed by atoms with Crippen molar-refractivity contribution >= 4 is 11.7 Å². The van der Waals surface area contributed by atoms with Crippen molar-refractivity contribution < 1.29 is 28.2 Å². The van der Waals surface area contributed by atoms with Crippen LogP contribution in [0.3, 0.4) is 0 Å². The second-order valence-corrected chi connectivity index (χ2v) is 10.9. The molecule has 7 heteroatoms. The lowest BCUT2D eigenvalue weighted by molar-refractivity contribution is -0.131. The Morgan fingerprint density at radius 3 is 2.51 bits per heavy atom. The number of halogens is 1. The van der Waals surface area contributed by atoms with Gasteiger partial charge in [0.25, 0.3) is 0 Å². The van der Waals surface area contributed by atoms with E-state index in [1.807, 2.05) is 39.8 Å². The largest absolute Gasteiger partial charge is 0.373 e. The van der Waals surface area contributed by atoms with Crippen LogP contribution in [-0.2, 0) is 23.8 Å². The normalized spacial score (nSPS) is 37.9. The molecule has 3 aliphatic rings. The Morgan fingerprint density at radius 2 is 1.89 bits per heavy atom. The van der Waals surface area contributed by atoms with Gasteiger partial charge in [0.2, 0.25) is 5.91 Å². The highest BCUT2D eigenvalue weighted by atomic mass is 19.1. The number of ketones is 1. The minimum Gasteiger partial charge on any atom is -0.373 e. The second-order valence-electron chi connectivity index (χ2n) is 10.9. The van der Waals surface area contributed by atoms with Gasteiger partial charge in [0, 0.05) is 12.8 Å². The van der Waals surface area contributed by atoms with Gasteiger partial charge in [0.1, 0.15) is 17.5 Å². The number of ether oxygens (including phenoxy) is 3. The van der Waals surface area contributed by atoms with Gasteiger partial charge in [-0.25, -0.2) is 4.39 Å². The Labute approximate surface area is 209 Å². The van der Waals surface area contributed by atoms with Gasteiger partial charge in [0.05, 0.1) is 31.0 Å². The minimum absolute atomic E-state index is 0.0135. The zero-order valence-electron chi connectivity index (χ0n) is 22.0. The van der Waals surface area contributed by atoms with E-state index in [1.54, 1.807) is 12.2 Å². The van der Waals surface area contributed by atoms with E-state index in [0.29, 0.717) is 18.9 Å². The Morgan fingerprint density at radius 1 is 1.17 bits per heavy atom. The minimum atomic E-state index is -1.24. The number of Topliss-reactive ketones (excluding diaryl/α,β-unsaturated/α-hetero) is 1. The summed E-state index contributed by atoms with van der Waals surface area (Å²) in [7, 11) is 0. The molecule has 1 N–H and O–H groups in total. The molecule has 1 amide bonds. The van der Waals surface area contributed by atoms with E-state index in [1.165, 1.54) is 6.92 Å². The molecule has 0 aromatic carbocycles. The maximum absolute atomic E-state index is 15.0. The van der Waals surface area contributed by atoms with Crippen LogP contribution in [0.5, 0.6) is 0 Å². The Bertz CT molecular complexity index is 846. The van der Waals surface area contributed by atoms with E-state index < -0.39 is 17.9 Å². The van der Waals surface area contributed by atoms with Crippen molar-refractivity contribution in [2.45, 2.75) is 109 Å². The first-order valence-electron chi connectivity index (χ1n) is 12.9. The number of rotatable bonds is 9. The molecule has 1 spiro atoms. The van der Waals surface area contributed by atoms with Gasteiger partial charge in [0.15, 0.2) is 6.17 Å². The first-order chi connectivity index (χ1) is 16.5. The van der Waals surface area contributed by atoms with Gasteiger partial charge in [-0.15, -0.1) is 0 Å². The molecule has 0 aromatic heterocycles. The maximum atomic E-state index is 15.0. The summed E-state index contributed by atoms with van der Waals surface area (Å²) in [5.74, 6) is 0.575. The number of hydrogen-bond donors (Lipinski definition) is 1. The SMILES string of the molecule is CC(=O)C[C@H]1C[C@@]2(CO2)[C@@H](F)[C@@H](/C=C/C(C)=C/C[C@@H]2O[C@H](C)[C@H](NC(=O)/C=C\C(C)C)C[C@@H]2C)O1. The fourth-order valence-electron chi connectivity index (χ4n) is 4.93. The highest BCUT2D eigenvalue weighted by molar-refractivity contribution is 5.87.